The van der Waals surface area contributed by atoms with Crippen molar-refractivity contribution >= 4 is 24.2 Å². The summed E-state index contributed by atoms with van der Waals surface area (Å²) in [6.45, 7) is 1.84. The monoisotopic (exact) mass is 200 g/mol. The van der Waals surface area contributed by atoms with Gasteiger partial charge in [0.15, 0.2) is 0 Å². The van der Waals surface area contributed by atoms with Crippen LogP contribution in [0.3, 0.4) is 0 Å². The highest BCUT2D eigenvalue weighted by Gasteiger charge is 2.11. The molecule has 0 heterocycles. The van der Waals surface area contributed by atoms with E-state index in [4.69, 9.17) is 18.5 Å². The van der Waals surface area contributed by atoms with Crippen molar-refractivity contribution in [3.05, 3.63) is 29.8 Å². The summed E-state index contributed by atoms with van der Waals surface area (Å²) in [7, 11) is -1.35. The number of hydrogen-bond donors (Lipinski definition) is 2. The van der Waals surface area contributed by atoms with Gasteiger partial charge in [0.1, 0.15) is 0 Å². The summed E-state index contributed by atoms with van der Waals surface area (Å²) in [6, 6.07) is 7.18. The molecule has 0 atom stereocenters. The van der Waals surface area contributed by atoms with Crippen molar-refractivity contribution in [2.24, 2.45) is 0 Å². The number of benzene rings is 1. The third kappa shape index (κ3) is 4.57. The lowest BCUT2D eigenvalue weighted by molar-refractivity contribution is 0.425. The zero-order valence-electron chi connectivity index (χ0n) is 7.01. The van der Waals surface area contributed by atoms with E-state index in [9.17, 15) is 0 Å². The molecule has 1 rings (SSSR count). The zero-order chi connectivity index (χ0) is 10.3. The maximum atomic E-state index is 8.76. The van der Waals surface area contributed by atoms with Crippen LogP contribution in [0.25, 0.3) is 0 Å². The van der Waals surface area contributed by atoms with Crippen molar-refractivity contribution in [1.82, 2.24) is 0 Å². The standard InChI is InChI=1S/C7H9BO2.O2S/c1-6-4-2-3-5-7(6)8(9)10;1-3-2/h2-5,9-10H,1H3;. The average Bonchev–Trinajstić information content (AvgIpc) is 2.06. The fourth-order valence-corrected chi connectivity index (χ4v) is 0.876. The van der Waals surface area contributed by atoms with Crippen LogP contribution in [0.4, 0.5) is 0 Å². The van der Waals surface area contributed by atoms with E-state index in [1.807, 2.05) is 19.1 Å². The van der Waals surface area contributed by atoms with Gasteiger partial charge in [-0.25, -0.2) is 0 Å². The maximum Gasteiger partial charge on any atom is 0.488 e. The lowest BCUT2D eigenvalue weighted by atomic mass is 9.77. The van der Waals surface area contributed by atoms with Gasteiger partial charge in [-0.15, -0.1) is 0 Å². The van der Waals surface area contributed by atoms with Gasteiger partial charge in [0, 0.05) is 0 Å². The van der Waals surface area contributed by atoms with E-state index in [2.05, 4.69) is 0 Å². The molecule has 0 saturated heterocycles. The molecule has 70 valence electrons. The summed E-state index contributed by atoms with van der Waals surface area (Å²) >= 11 is -0.750. The Morgan fingerprint density at radius 1 is 1.23 bits per heavy atom. The van der Waals surface area contributed by atoms with Crippen molar-refractivity contribution in [3.63, 3.8) is 0 Å². The highest BCUT2D eigenvalue weighted by molar-refractivity contribution is 7.51. The fourth-order valence-electron chi connectivity index (χ4n) is 0.876. The van der Waals surface area contributed by atoms with Crippen LogP contribution in [0, 0.1) is 6.92 Å². The molecule has 4 nitrogen and oxygen atoms in total. The third-order valence-corrected chi connectivity index (χ3v) is 1.47. The van der Waals surface area contributed by atoms with Gasteiger partial charge in [0.25, 0.3) is 0 Å². The molecule has 0 amide bonds. The van der Waals surface area contributed by atoms with E-state index in [1.54, 1.807) is 12.1 Å². The second-order valence-electron chi connectivity index (χ2n) is 2.30. The van der Waals surface area contributed by atoms with Crippen molar-refractivity contribution in [2.75, 3.05) is 0 Å². The molecule has 0 spiro atoms. The first-order valence-corrected chi connectivity index (χ1v) is 4.13. The minimum Gasteiger partial charge on any atom is -0.423 e. The zero-order valence-corrected chi connectivity index (χ0v) is 7.82. The number of hydrogen-bond acceptors (Lipinski definition) is 4. The van der Waals surface area contributed by atoms with Gasteiger partial charge in [0.05, 0.1) is 0 Å². The molecule has 0 aliphatic rings. The molecule has 0 radical (unpaired) electrons. The summed E-state index contributed by atoms with van der Waals surface area (Å²) in [4.78, 5) is 0. The van der Waals surface area contributed by atoms with Crippen molar-refractivity contribution in [3.8, 4) is 0 Å². The Kier molecular flexibility index (Phi) is 6.04. The van der Waals surface area contributed by atoms with Gasteiger partial charge >= 0.3 is 18.7 Å². The SMILES string of the molecule is Cc1ccccc1B(O)O.O=S=O. The normalized spacial score (nSPS) is 8.23. The van der Waals surface area contributed by atoms with Crippen LogP contribution in [-0.2, 0) is 11.6 Å². The Morgan fingerprint density at radius 3 is 2.00 bits per heavy atom. The Balaban J connectivity index is 0.000000424. The molecule has 0 aliphatic heterocycles. The van der Waals surface area contributed by atoms with Gasteiger partial charge in [-0.2, -0.15) is 8.42 Å². The van der Waals surface area contributed by atoms with E-state index in [1.165, 1.54) is 0 Å². The maximum absolute atomic E-state index is 8.76. The van der Waals surface area contributed by atoms with Crippen molar-refractivity contribution in [1.29, 1.82) is 0 Å². The fraction of sp³-hybridized carbons (Fsp3) is 0.143. The van der Waals surface area contributed by atoms with E-state index in [-0.39, 0.29) is 0 Å². The molecule has 6 heteroatoms. The van der Waals surface area contributed by atoms with Gasteiger partial charge in [-0.1, -0.05) is 29.8 Å². The Morgan fingerprint density at radius 2 is 1.69 bits per heavy atom. The first-order valence-electron chi connectivity index (χ1n) is 3.47. The van der Waals surface area contributed by atoms with Crippen LogP contribution >= 0.6 is 0 Å². The topological polar surface area (TPSA) is 74.6 Å². The molecule has 1 aromatic rings. The predicted octanol–water partition coefficient (Wildman–Crippen LogP) is -0.995. The second-order valence-corrected chi connectivity index (χ2v) is 2.43. The van der Waals surface area contributed by atoms with Crippen molar-refractivity contribution < 1.29 is 18.5 Å². The highest BCUT2D eigenvalue weighted by Crippen LogP contribution is 1.92. The van der Waals surface area contributed by atoms with Crippen LogP contribution in [-0.4, -0.2) is 25.6 Å². The van der Waals surface area contributed by atoms with Crippen LogP contribution < -0.4 is 5.46 Å². The molecular formula is C7H9BO4S. The smallest absolute Gasteiger partial charge is 0.423 e. The van der Waals surface area contributed by atoms with E-state index < -0.39 is 18.7 Å². The number of rotatable bonds is 1. The second kappa shape index (κ2) is 6.53. The summed E-state index contributed by atoms with van der Waals surface area (Å²) in [5.74, 6) is 0. The molecule has 0 fully saturated rings. The molecule has 0 aromatic heterocycles. The van der Waals surface area contributed by atoms with Crippen LogP contribution in [0.5, 0.6) is 0 Å². The van der Waals surface area contributed by atoms with Crippen molar-refractivity contribution in [2.45, 2.75) is 6.92 Å². The van der Waals surface area contributed by atoms with Crippen LogP contribution in [0.1, 0.15) is 5.56 Å². The molecule has 1 aromatic carbocycles. The highest BCUT2D eigenvalue weighted by atomic mass is 32.1. The molecule has 0 unspecified atom stereocenters. The Bertz CT molecular complexity index is 296. The van der Waals surface area contributed by atoms with Gasteiger partial charge < -0.3 is 10.0 Å². The summed E-state index contributed by atoms with van der Waals surface area (Å²) < 4.78 is 16.6. The minimum absolute atomic E-state index is 0.572. The summed E-state index contributed by atoms with van der Waals surface area (Å²) in [6.07, 6.45) is 0. The predicted molar refractivity (Wildman–Crippen MR) is 49.9 cm³/mol. The molecule has 0 bridgehead atoms. The van der Waals surface area contributed by atoms with Gasteiger partial charge in [-0.3, -0.25) is 0 Å². The molecule has 13 heavy (non-hydrogen) atoms. The average molecular weight is 200 g/mol. The van der Waals surface area contributed by atoms with Crippen LogP contribution in [0.15, 0.2) is 24.3 Å². The van der Waals surface area contributed by atoms with Gasteiger partial charge in [0.2, 0.25) is 0 Å². The van der Waals surface area contributed by atoms with E-state index in [0.717, 1.165) is 5.56 Å². The minimum atomic E-state index is -1.35. The quantitative estimate of drug-likeness (QED) is 0.570. The summed E-state index contributed by atoms with van der Waals surface area (Å²) in [5.41, 5.74) is 1.47. The molecule has 2 N–H and O–H groups in total. The summed E-state index contributed by atoms with van der Waals surface area (Å²) in [5, 5.41) is 17.5. The van der Waals surface area contributed by atoms with E-state index >= 15 is 0 Å². The molecule has 0 aliphatic carbocycles. The molecular weight excluding hydrogens is 191 g/mol. The largest absolute Gasteiger partial charge is 0.488 e. The Hall–Kier alpha value is -0.975. The van der Waals surface area contributed by atoms with Gasteiger partial charge in [-0.05, 0) is 12.4 Å². The van der Waals surface area contributed by atoms with E-state index in [0.29, 0.717) is 5.46 Å². The first kappa shape index (κ1) is 12.0. The lowest BCUT2D eigenvalue weighted by Crippen LogP contribution is -2.31. The Labute approximate surface area is 80.0 Å². The molecule has 0 saturated carbocycles. The lowest BCUT2D eigenvalue weighted by Gasteiger charge is -2.01. The van der Waals surface area contributed by atoms with Crippen LogP contribution in [0.2, 0.25) is 0 Å². The third-order valence-electron chi connectivity index (χ3n) is 1.47. The number of aryl methyl sites for hydroxylation is 1. The first-order chi connectivity index (χ1) is 6.13.